The van der Waals surface area contributed by atoms with Crippen LogP contribution in [0.1, 0.15) is 10.4 Å². The van der Waals surface area contributed by atoms with Crippen LogP contribution in [0.3, 0.4) is 0 Å². The Morgan fingerprint density at radius 2 is 2.17 bits per heavy atom. The molecule has 1 heterocycles. The van der Waals surface area contributed by atoms with Crippen LogP contribution in [0.4, 0.5) is 8.78 Å². The van der Waals surface area contributed by atoms with Gasteiger partial charge in [0.05, 0.1) is 17.7 Å². The van der Waals surface area contributed by atoms with E-state index >= 15 is 0 Å². The van der Waals surface area contributed by atoms with Gasteiger partial charge in [0.1, 0.15) is 11.6 Å². The van der Waals surface area contributed by atoms with Gasteiger partial charge < -0.3 is 15.3 Å². The predicted molar refractivity (Wildman–Crippen MR) is 61.1 cm³/mol. The summed E-state index contributed by atoms with van der Waals surface area (Å²) >= 11 is 0. The fraction of sp³-hybridized carbons (Fsp3) is 0.417. The van der Waals surface area contributed by atoms with E-state index in [4.69, 9.17) is 0 Å². The molecule has 0 unspecified atom stereocenters. The molecule has 0 saturated carbocycles. The molecule has 4 nitrogen and oxygen atoms in total. The Morgan fingerprint density at radius 3 is 2.72 bits per heavy atom. The van der Waals surface area contributed by atoms with Crippen LogP contribution in [0.15, 0.2) is 18.2 Å². The average molecular weight is 256 g/mol. The zero-order valence-electron chi connectivity index (χ0n) is 9.86. The fourth-order valence-electron chi connectivity index (χ4n) is 2.05. The molecule has 2 rings (SSSR count). The first-order chi connectivity index (χ1) is 8.50. The van der Waals surface area contributed by atoms with Gasteiger partial charge in [0, 0.05) is 26.2 Å². The Morgan fingerprint density at radius 1 is 1.44 bits per heavy atom. The minimum atomic E-state index is -0.896. The SMILES string of the molecule is CN(C(=O)c1ccc(F)cc1F)[C@@H]1CNC[C@H]1O. The van der Waals surface area contributed by atoms with E-state index < -0.39 is 29.7 Å². The van der Waals surface area contributed by atoms with Gasteiger partial charge >= 0.3 is 0 Å². The highest BCUT2D eigenvalue weighted by atomic mass is 19.1. The quantitative estimate of drug-likeness (QED) is 0.804. The highest BCUT2D eigenvalue weighted by Gasteiger charge is 2.32. The molecule has 0 aromatic heterocycles. The lowest BCUT2D eigenvalue weighted by molar-refractivity contribution is 0.0577. The second-order valence-electron chi connectivity index (χ2n) is 4.33. The van der Waals surface area contributed by atoms with Crippen molar-refractivity contribution in [3.05, 3.63) is 35.4 Å². The Hall–Kier alpha value is -1.53. The number of halogens is 2. The first-order valence-corrected chi connectivity index (χ1v) is 5.61. The highest BCUT2D eigenvalue weighted by Crippen LogP contribution is 2.15. The van der Waals surface area contributed by atoms with Gasteiger partial charge in [0.25, 0.3) is 5.91 Å². The van der Waals surface area contributed by atoms with Crippen molar-refractivity contribution < 1.29 is 18.7 Å². The molecule has 6 heteroatoms. The van der Waals surface area contributed by atoms with Crippen LogP contribution in [0.25, 0.3) is 0 Å². The molecule has 1 saturated heterocycles. The molecule has 1 aromatic rings. The number of carbonyl (C=O) groups is 1. The third-order valence-corrected chi connectivity index (χ3v) is 3.13. The minimum Gasteiger partial charge on any atom is -0.390 e. The lowest BCUT2D eigenvalue weighted by Gasteiger charge is -2.26. The van der Waals surface area contributed by atoms with Crippen molar-refractivity contribution in [2.75, 3.05) is 20.1 Å². The molecule has 98 valence electrons. The maximum atomic E-state index is 13.5. The van der Waals surface area contributed by atoms with Gasteiger partial charge in [-0.25, -0.2) is 8.78 Å². The topological polar surface area (TPSA) is 52.6 Å². The smallest absolute Gasteiger partial charge is 0.256 e. The lowest BCUT2D eigenvalue weighted by Crippen LogP contribution is -2.44. The zero-order valence-corrected chi connectivity index (χ0v) is 9.86. The normalized spacial score (nSPS) is 23.1. The van der Waals surface area contributed by atoms with E-state index in [-0.39, 0.29) is 5.56 Å². The van der Waals surface area contributed by atoms with E-state index in [1.165, 1.54) is 11.9 Å². The summed E-state index contributed by atoms with van der Waals surface area (Å²) < 4.78 is 26.2. The highest BCUT2D eigenvalue weighted by molar-refractivity contribution is 5.94. The molecule has 2 N–H and O–H groups in total. The zero-order chi connectivity index (χ0) is 13.3. The summed E-state index contributed by atoms with van der Waals surface area (Å²) in [5.41, 5.74) is -0.196. The van der Waals surface area contributed by atoms with Crippen molar-refractivity contribution in [1.82, 2.24) is 10.2 Å². The monoisotopic (exact) mass is 256 g/mol. The lowest BCUT2D eigenvalue weighted by atomic mass is 10.1. The third kappa shape index (κ3) is 2.34. The van der Waals surface area contributed by atoms with Crippen LogP contribution in [0.2, 0.25) is 0 Å². The van der Waals surface area contributed by atoms with Crippen LogP contribution >= 0.6 is 0 Å². The van der Waals surface area contributed by atoms with E-state index in [9.17, 15) is 18.7 Å². The number of nitrogens with one attached hydrogen (secondary N) is 1. The molecule has 1 aromatic carbocycles. The van der Waals surface area contributed by atoms with Crippen molar-refractivity contribution in [1.29, 1.82) is 0 Å². The number of hydrogen-bond donors (Lipinski definition) is 2. The number of carbonyl (C=O) groups excluding carboxylic acids is 1. The van der Waals surface area contributed by atoms with Crippen LogP contribution in [-0.4, -0.2) is 48.2 Å². The predicted octanol–water partition coefficient (Wildman–Crippen LogP) is 0.369. The molecular weight excluding hydrogens is 242 g/mol. The number of amides is 1. The third-order valence-electron chi connectivity index (χ3n) is 3.13. The molecule has 0 radical (unpaired) electrons. The minimum absolute atomic E-state index is 0.196. The summed E-state index contributed by atoms with van der Waals surface area (Å²) in [6.45, 7) is 0.848. The van der Waals surface area contributed by atoms with E-state index in [0.29, 0.717) is 19.2 Å². The molecule has 0 spiro atoms. The van der Waals surface area contributed by atoms with Gasteiger partial charge in [-0.3, -0.25) is 4.79 Å². The first kappa shape index (κ1) is 12.9. The van der Waals surface area contributed by atoms with Crippen molar-refractivity contribution in [3.8, 4) is 0 Å². The summed E-state index contributed by atoms with van der Waals surface area (Å²) in [4.78, 5) is 13.3. The summed E-state index contributed by atoms with van der Waals surface area (Å²) in [5, 5.41) is 12.6. The Bertz CT molecular complexity index is 467. The van der Waals surface area contributed by atoms with Gasteiger partial charge in [0.2, 0.25) is 0 Å². The van der Waals surface area contributed by atoms with E-state index in [0.717, 1.165) is 12.1 Å². The standard InChI is InChI=1S/C12H14F2N2O2/c1-16(10-5-15-6-11(10)17)12(18)8-3-2-7(13)4-9(8)14/h2-4,10-11,15,17H,5-6H2,1H3/t10-,11-/m1/s1. The van der Waals surface area contributed by atoms with Crippen molar-refractivity contribution >= 4 is 5.91 Å². The second-order valence-corrected chi connectivity index (χ2v) is 4.33. The summed E-state index contributed by atoms with van der Waals surface area (Å²) in [6.07, 6.45) is -0.678. The summed E-state index contributed by atoms with van der Waals surface area (Å²) in [7, 11) is 1.49. The second kappa shape index (κ2) is 4.99. The van der Waals surface area contributed by atoms with Gasteiger partial charge in [-0.05, 0) is 12.1 Å². The molecule has 1 aliphatic rings. The summed E-state index contributed by atoms with van der Waals surface area (Å²) in [6, 6.07) is 2.41. The van der Waals surface area contributed by atoms with Gasteiger partial charge in [0.15, 0.2) is 0 Å². The number of aliphatic hydroxyl groups excluding tert-OH is 1. The Labute approximate surface area is 103 Å². The number of nitrogens with zero attached hydrogens (tertiary/aromatic N) is 1. The Balaban J connectivity index is 2.20. The molecule has 0 bridgehead atoms. The van der Waals surface area contributed by atoms with E-state index in [2.05, 4.69) is 5.32 Å². The number of rotatable bonds is 2. The first-order valence-electron chi connectivity index (χ1n) is 5.61. The van der Waals surface area contributed by atoms with Crippen LogP contribution in [0, 0.1) is 11.6 Å². The van der Waals surface area contributed by atoms with E-state index in [1.807, 2.05) is 0 Å². The number of hydrogen-bond acceptors (Lipinski definition) is 3. The maximum Gasteiger partial charge on any atom is 0.256 e. The maximum absolute atomic E-state index is 13.5. The van der Waals surface area contributed by atoms with Crippen LogP contribution in [0.5, 0.6) is 0 Å². The fourth-order valence-corrected chi connectivity index (χ4v) is 2.05. The van der Waals surface area contributed by atoms with Gasteiger partial charge in [-0.2, -0.15) is 0 Å². The molecule has 1 amide bonds. The molecule has 0 aliphatic carbocycles. The average Bonchev–Trinajstić information content (AvgIpc) is 2.74. The van der Waals surface area contributed by atoms with Crippen molar-refractivity contribution in [2.45, 2.75) is 12.1 Å². The molecule has 18 heavy (non-hydrogen) atoms. The van der Waals surface area contributed by atoms with Crippen molar-refractivity contribution in [3.63, 3.8) is 0 Å². The molecule has 1 fully saturated rings. The number of likely N-dealkylation sites (N-methyl/N-ethyl adjacent to an activating group) is 1. The van der Waals surface area contributed by atoms with Crippen LogP contribution in [-0.2, 0) is 0 Å². The number of benzene rings is 1. The van der Waals surface area contributed by atoms with Crippen LogP contribution < -0.4 is 5.32 Å². The molecule has 1 aliphatic heterocycles. The van der Waals surface area contributed by atoms with Gasteiger partial charge in [-0.1, -0.05) is 0 Å². The molecular formula is C12H14F2N2O2. The number of aliphatic hydroxyl groups is 1. The summed E-state index contributed by atoms with van der Waals surface area (Å²) in [5.74, 6) is -2.19. The molecule has 2 atom stereocenters. The Kier molecular flexibility index (Phi) is 3.58. The number of β-amino-alcohol motifs (C(OH)–C–C–N with tert-alkyl or cyclic N) is 1. The van der Waals surface area contributed by atoms with E-state index in [1.54, 1.807) is 0 Å². The largest absolute Gasteiger partial charge is 0.390 e. The van der Waals surface area contributed by atoms with Gasteiger partial charge in [-0.15, -0.1) is 0 Å². The van der Waals surface area contributed by atoms with Crippen molar-refractivity contribution in [2.24, 2.45) is 0 Å².